The molecule has 0 fully saturated rings. The van der Waals surface area contributed by atoms with Crippen LogP contribution in [0.3, 0.4) is 0 Å². The molecule has 5 nitrogen and oxygen atoms in total. The fourth-order valence-corrected chi connectivity index (χ4v) is 1.87. The van der Waals surface area contributed by atoms with Gasteiger partial charge in [-0.15, -0.1) is 0 Å². The topological polar surface area (TPSA) is 65.5 Å². The fraction of sp³-hybridized carbons (Fsp3) is 0.235. The molecule has 2 aromatic rings. The SMILES string of the molecule is CCOC(=O)COCc1ccc(C(=O)c2cccnc2)cc1. The third-order valence-corrected chi connectivity index (χ3v) is 2.93. The number of carbonyl (C=O) groups is 2. The zero-order chi connectivity index (χ0) is 15.8. The van der Waals surface area contributed by atoms with E-state index in [1.807, 2.05) is 0 Å². The number of benzene rings is 1. The van der Waals surface area contributed by atoms with Crippen molar-refractivity contribution in [1.29, 1.82) is 0 Å². The van der Waals surface area contributed by atoms with Gasteiger partial charge in [0.15, 0.2) is 5.78 Å². The number of pyridine rings is 1. The van der Waals surface area contributed by atoms with Crippen LogP contribution in [0.25, 0.3) is 0 Å². The molecule has 5 heteroatoms. The summed E-state index contributed by atoms with van der Waals surface area (Å²) in [6, 6.07) is 10.5. The van der Waals surface area contributed by atoms with Crippen molar-refractivity contribution in [2.75, 3.05) is 13.2 Å². The Morgan fingerprint density at radius 1 is 1.09 bits per heavy atom. The minimum absolute atomic E-state index is 0.0768. The molecular weight excluding hydrogens is 282 g/mol. The van der Waals surface area contributed by atoms with Crippen LogP contribution in [0, 0.1) is 0 Å². The van der Waals surface area contributed by atoms with Gasteiger partial charge in [0.25, 0.3) is 0 Å². The highest BCUT2D eigenvalue weighted by Crippen LogP contribution is 2.11. The third kappa shape index (κ3) is 4.49. The van der Waals surface area contributed by atoms with Crippen molar-refractivity contribution in [3.8, 4) is 0 Å². The van der Waals surface area contributed by atoms with Gasteiger partial charge in [-0.05, 0) is 24.6 Å². The highest BCUT2D eigenvalue weighted by Gasteiger charge is 2.09. The Hall–Kier alpha value is -2.53. The molecule has 0 saturated carbocycles. The molecule has 1 aromatic heterocycles. The van der Waals surface area contributed by atoms with E-state index in [9.17, 15) is 9.59 Å². The van der Waals surface area contributed by atoms with E-state index >= 15 is 0 Å². The summed E-state index contributed by atoms with van der Waals surface area (Å²) in [6.45, 7) is 2.30. The number of ether oxygens (including phenoxy) is 2. The average Bonchev–Trinajstić information content (AvgIpc) is 2.56. The van der Waals surface area contributed by atoms with Crippen LogP contribution in [-0.4, -0.2) is 30.0 Å². The summed E-state index contributed by atoms with van der Waals surface area (Å²) in [5.41, 5.74) is 2.02. The van der Waals surface area contributed by atoms with Crippen LogP contribution in [0.1, 0.15) is 28.4 Å². The number of nitrogens with zero attached hydrogens (tertiary/aromatic N) is 1. The van der Waals surface area contributed by atoms with Crippen LogP contribution in [0.4, 0.5) is 0 Å². The first kappa shape index (κ1) is 15.9. The maximum atomic E-state index is 12.2. The zero-order valence-electron chi connectivity index (χ0n) is 12.3. The highest BCUT2D eigenvalue weighted by atomic mass is 16.6. The number of hydrogen-bond donors (Lipinski definition) is 0. The van der Waals surface area contributed by atoms with Gasteiger partial charge in [0, 0.05) is 23.5 Å². The molecule has 0 aliphatic rings. The molecule has 2 rings (SSSR count). The third-order valence-electron chi connectivity index (χ3n) is 2.93. The Morgan fingerprint density at radius 3 is 2.50 bits per heavy atom. The summed E-state index contributed by atoms with van der Waals surface area (Å²) in [4.78, 5) is 27.3. The van der Waals surface area contributed by atoms with Crippen LogP contribution < -0.4 is 0 Å². The summed E-state index contributed by atoms with van der Waals surface area (Å²) in [7, 11) is 0. The Bertz CT molecular complexity index is 623. The van der Waals surface area contributed by atoms with Gasteiger partial charge < -0.3 is 9.47 Å². The molecule has 0 aliphatic heterocycles. The molecular formula is C17H17NO4. The molecule has 0 aliphatic carbocycles. The first-order chi connectivity index (χ1) is 10.7. The number of rotatable bonds is 7. The van der Waals surface area contributed by atoms with Crippen molar-refractivity contribution in [2.45, 2.75) is 13.5 Å². The molecule has 0 N–H and O–H groups in total. The molecule has 114 valence electrons. The fourth-order valence-electron chi connectivity index (χ4n) is 1.87. The summed E-state index contributed by atoms with van der Waals surface area (Å²) in [5, 5.41) is 0. The Kier molecular flexibility index (Phi) is 5.80. The second-order valence-electron chi connectivity index (χ2n) is 4.57. The summed E-state index contributed by atoms with van der Waals surface area (Å²) in [6.07, 6.45) is 3.17. The standard InChI is InChI=1S/C17H17NO4/c1-2-22-16(19)12-21-11-13-5-7-14(8-6-13)17(20)15-4-3-9-18-10-15/h3-10H,2,11-12H2,1H3. The van der Waals surface area contributed by atoms with Crippen molar-refractivity contribution < 1.29 is 19.1 Å². The number of hydrogen-bond acceptors (Lipinski definition) is 5. The van der Waals surface area contributed by atoms with Crippen molar-refractivity contribution in [3.63, 3.8) is 0 Å². The minimum Gasteiger partial charge on any atom is -0.464 e. The van der Waals surface area contributed by atoms with Gasteiger partial charge >= 0.3 is 5.97 Å². The average molecular weight is 299 g/mol. The minimum atomic E-state index is -0.383. The Morgan fingerprint density at radius 2 is 1.86 bits per heavy atom. The second kappa shape index (κ2) is 8.05. The second-order valence-corrected chi connectivity index (χ2v) is 4.57. The number of esters is 1. The van der Waals surface area contributed by atoms with Crippen LogP contribution in [-0.2, 0) is 20.9 Å². The van der Waals surface area contributed by atoms with Crippen LogP contribution in [0.15, 0.2) is 48.8 Å². The molecule has 0 radical (unpaired) electrons. The maximum Gasteiger partial charge on any atom is 0.332 e. The number of aromatic nitrogens is 1. The summed E-state index contributed by atoms with van der Waals surface area (Å²) >= 11 is 0. The van der Waals surface area contributed by atoms with Gasteiger partial charge in [-0.2, -0.15) is 0 Å². The van der Waals surface area contributed by atoms with Gasteiger partial charge in [-0.3, -0.25) is 9.78 Å². The lowest BCUT2D eigenvalue weighted by molar-refractivity contribution is -0.148. The van der Waals surface area contributed by atoms with Gasteiger partial charge in [-0.1, -0.05) is 24.3 Å². The first-order valence-corrected chi connectivity index (χ1v) is 6.97. The van der Waals surface area contributed by atoms with Crippen molar-refractivity contribution in [3.05, 3.63) is 65.5 Å². The van der Waals surface area contributed by atoms with Crippen molar-refractivity contribution in [1.82, 2.24) is 4.98 Å². The Labute approximate surface area is 128 Å². The monoisotopic (exact) mass is 299 g/mol. The quantitative estimate of drug-likeness (QED) is 0.580. The van der Waals surface area contributed by atoms with E-state index < -0.39 is 0 Å². The molecule has 1 aromatic carbocycles. The first-order valence-electron chi connectivity index (χ1n) is 6.97. The zero-order valence-corrected chi connectivity index (χ0v) is 12.3. The molecule has 1 heterocycles. The molecule has 0 bridgehead atoms. The highest BCUT2D eigenvalue weighted by molar-refractivity contribution is 6.08. The maximum absolute atomic E-state index is 12.2. The summed E-state index contributed by atoms with van der Waals surface area (Å²) in [5.74, 6) is -0.460. The lowest BCUT2D eigenvalue weighted by Crippen LogP contribution is -2.12. The lowest BCUT2D eigenvalue weighted by atomic mass is 10.0. The smallest absolute Gasteiger partial charge is 0.332 e. The lowest BCUT2D eigenvalue weighted by Gasteiger charge is -2.05. The van der Waals surface area contributed by atoms with E-state index in [0.29, 0.717) is 24.3 Å². The number of ketones is 1. The largest absolute Gasteiger partial charge is 0.464 e. The van der Waals surface area contributed by atoms with E-state index in [1.54, 1.807) is 55.7 Å². The van der Waals surface area contributed by atoms with Gasteiger partial charge in [0.1, 0.15) is 6.61 Å². The van der Waals surface area contributed by atoms with Crippen LogP contribution in [0.5, 0.6) is 0 Å². The van der Waals surface area contributed by atoms with Crippen molar-refractivity contribution in [2.24, 2.45) is 0 Å². The molecule has 0 saturated heterocycles. The number of carbonyl (C=O) groups excluding carboxylic acids is 2. The van der Waals surface area contributed by atoms with E-state index in [4.69, 9.17) is 9.47 Å². The molecule has 0 amide bonds. The molecule has 0 spiro atoms. The van der Waals surface area contributed by atoms with Gasteiger partial charge in [-0.25, -0.2) is 4.79 Å². The summed E-state index contributed by atoms with van der Waals surface area (Å²) < 4.78 is 10.0. The van der Waals surface area contributed by atoms with E-state index in [-0.39, 0.29) is 18.4 Å². The van der Waals surface area contributed by atoms with Crippen LogP contribution >= 0.6 is 0 Å². The van der Waals surface area contributed by atoms with Crippen molar-refractivity contribution >= 4 is 11.8 Å². The van der Waals surface area contributed by atoms with E-state index in [2.05, 4.69) is 4.98 Å². The van der Waals surface area contributed by atoms with Gasteiger partial charge in [0.05, 0.1) is 13.2 Å². The normalized spacial score (nSPS) is 10.2. The molecule has 22 heavy (non-hydrogen) atoms. The van der Waals surface area contributed by atoms with Crippen LogP contribution in [0.2, 0.25) is 0 Å². The Balaban J connectivity index is 1.90. The van der Waals surface area contributed by atoms with E-state index in [1.165, 1.54) is 0 Å². The molecule has 0 atom stereocenters. The predicted molar refractivity (Wildman–Crippen MR) is 80.4 cm³/mol. The molecule has 0 unspecified atom stereocenters. The predicted octanol–water partition coefficient (Wildman–Crippen LogP) is 2.39. The van der Waals surface area contributed by atoms with Gasteiger partial charge in [0.2, 0.25) is 0 Å². The van der Waals surface area contributed by atoms with E-state index in [0.717, 1.165) is 5.56 Å².